The van der Waals surface area contributed by atoms with Crippen molar-refractivity contribution in [3.8, 4) is 0 Å². The first kappa shape index (κ1) is 11.4. The van der Waals surface area contributed by atoms with E-state index in [0.29, 0.717) is 12.1 Å². The Hall–Kier alpha value is -0.120. The number of hydrogen-bond acceptors (Lipinski definition) is 3. The second kappa shape index (κ2) is 5.83. The quantitative estimate of drug-likeness (QED) is 0.727. The molecule has 0 radical (unpaired) electrons. The molecule has 0 bridgehead atoms. The lowest BCUT2D eigenvalue weighted by atomic mass is 9.88. The maximum atomic E-state index is 5.75. The molecule has 1 saturated heterocycles. The molecule has 2 rings (SSSR count). The summed E-state index contributed by atoms with van der Waals surface area (Å²) >= 11 is 0. The normalized spacial score (nSPS) is 33.4. The second-order valence-electron chi connectivity index (χ2n) is 5.14. The number of nitrogens with zero attached hydrogens (tertiary/aromatic N) is 1. The molecular weight excluding hydrogens is 186 g/mol. The molecule has 1 aliphatic carbocycles. The summed E-state index contributed by atoms with van der Waals surface area (Å²) in [5.41, 5.74) is 5.75. The van der Waals surface area contributed by atoms with Gasteiger partial charge in [-0.1, -0.05) is 12.8 Å². The van der Waals surface area contributed by atoms with Crippen LogP contribution >= 0.6 is 0 Å². The van der Waals surface area contributed by atoms with Crippen molar-refractivity contribution in [1.29, 1.82) is 0 Å². The molecule has 1 aliphatic heterocycles. The van der Waals surface area contributed by atoms with Crippen molar-refractivity contribution in [2.24, 2.45) is 5.73 Å². The van der Waals surface area contributed by atoms with Gasteiger partial charge in [0.25, 0.3) is 0 Å². The number of nitrogens with two attached hydrogens (primary N) is 1. The molecule has 88 valence electrons. The summed E-state index contributed by atoms with van der Waals surface area (Å²) in [4.78, 5) is 2.61. The van der Waals surface area contributed by atoms with Gasteiger partial charge in [-0.3, -0.25) is 0 Å². The Morgan fingerprint density at radius 1 is 1.07 bits per heavy atom. The van der Waals surface area contributed by atoms with Crippen LogP contribution in [0.15, 0.2) is 0 Å². The summed E-state index contributed by atoms with van der Waals surface area (Å²) in [5, 5.41) is 3.60. The third-order valence-corrected chi connectivity index (χ3v) is 3.73. The Labute approximate surface area is 93.4 Å². The Morgan fingerprint density at radius 3 is 2.33 bits per heavy atom. The van der Waals surface area contributed by atoms with Crippen molar-refractivity contribution in [2.75, 3.05) is 26.2 Å². The molecule has 1 heterocycles. The molecule has 0 aromatic carbocycles. The standard InChI is InChI=1S/C12H25N3/c13-11-9-12(10-11)14-5-8-15-6-3-1-2-4-7-15/h11-12,14H,1-10,13H2. The number of hydrogen-bond donors (Lipinski definition) is 2. The fraction of sp³-hybridized carbons (Fsp3) is 1.00. The van der Waals surface area contributed by atoms with Crippen LogP contribution < -0.4 is 11.1 Å². The zero-order chi connectivity index (χ0) is 10.5. The molecule has 1 saturated carbocycles. The summed E-state index contributed by atoms with van der Waals surface area (Å²) in [6.07, 6.45) is 8.02. The number of rotatable bonds is 4. The van der Waals surface area contributed by atoms with Gasteiger partial charge in [-0.05, 0) is 38.8 Å². The lowest BCUT2D eigenvalue weighted by molar-refractivity contribution is 0.249. The molecule has 0 aromatic heterocycles. The van der Waals surface area contributed by atoms with E-state index in [1.54, 1.807) is 0 Å². The van der Waals surface area contributed by atoms with Crippen LogP contribution in [0.2, 0.25) is 0 Å². The van der Waals surface area contributed by atoms with Gasteiger partial charge in [-0.15, -0.1) is 0 Å². The van der Waals surface area contributed by atoms with E-state index in [2.05, 4.69) is 10.2 Å². The van der Waals surface area contributed by atoms with Gasteiger partial charge in [0.1, 0.15) is 0 Å². The molecule has 3 N–H and O–H groups in total. The molecule has 2 aliphatic rings. The van der Waals surface area contributed by atoms with Crippen LogP contribution in [0.1, 0.15) is 38.5 Å². The molecule has 0 spiro atoms. The van der Waals surface area contributed by atoms with E-state index < -0.39 is 0 Å². The van der Waals surface area contributed by atoms with Crippen LogP contribution in [-0.4, -0.2) is 43.2 Å². The predicted molar refractivity (Wildman–Crippen MR) is 63.9 cm³/mol. The Morgan fingerprint density at radius 2 is 1.73 bits per heavy atom. The molecule has 0 atom stereocenters. The molecule has 15 heavy (non-hydrogen) atoms. The molecule has 2 fully saturated rings. The highest BCUT2D eigenvalue weighted by atomic mass is 15.1. The van der Waals surface area contributed by atoms with Crippen LogP contribution in [0.5, 0.6) is 0 Å². The van der Waals surface area contributed by atoms with Gasteiger partial charge >= 0.3 is 0 Å². The van der Waals surface area contributed by atoms with E-state index >= 15 is 0 Å². The lowest BCUT2D eigenvalue weighted by Gasteiger charge is -2.34. The Bertz CT molecular complexity index is 170. The van der Waals surface area contributed by atoms with Crippen molar-refractivity contribution in [3.63, 3.8) is 0 Å². The van der Waals surface area contributed by atoms with Crippen LogP contribution in [-0.2, 0) is 0 Å². The van der Waals surface area contributed by atoms with Crippen LogP contribution in [0.25, 0.3) is 0 Å². The maximum Gasteiger partial charge on any atom is 0.0107 e. The van der Waals surface area contributed by atoms with Crippen LogP contribution in [0, 0.1) is 0 Å². The molecule has 0 amide bonds. The van der Waals surface area contributed by atoms with Crippen LogP contribution in [0.4, 0.5) is 0 Å². The monoisotopic (exact) mass is 211 g/mol. The average Bonchev–Trinajstić information content (AvgIpc) is 2.43. The van der Waals surface area contributed by atoms with E-state index in [1.165, 1.54) is 58.2 Å². The summed E-state index contributed by atoms with van der Waals surface area (Å²) in [6.45, 7) is 5.00. The molecule has 3 heteroatoms. The topological polar surface area (TPSA) is 41.3 Å². The van der Waals surface area contributed by atoms with Gasteiger partial charge in [0.15, 0.2) is 0 Å². The lowest BCUT2D eigenvalue weighted by Crippen LogP contribution is -2.50. The van der Waals surface area contributed by atoms with Crippen molar-refractivity contribution < 1.29 is 0 Å². The minimum absolute atomic E-state index is 0.473. The first-order valence-electron chi connectivity index (χ1n) is 6.56. The fourth-order valence-electron chi connectivity index (χ4n) is 2.62. The number of likely N-dealkylation sites (tertiary alicyclic amines) is 1. The van der Waals surface area contributed by atoms with Gasteiger partial charge in [-0.25, -0.2) is 0 Å². The third kappa shape index (κ3) is 3.74. The van der Waals surface area contributed by atoms with E-state index in [4.69, 9.17) is 5.73 Å². The zero-order valence-corrected chi connectivity index (χ0v) is 9.75. The summed E-state index contributed by atoms with van der Waals surface area (Å²) in [6, 6.07) is 1.19. The highest BCUT2D eigenvalue weighted by molar-refractivity contribution is 4.87. The minimum Gasteiger partial charge on any atom is -0.328 e. The van der Waals surface area contributed by atoms with E-state index in [0.717, 1.165) is 6.54 Å². The smallest absolute Gasteiger partial charge is 0.0107 e. The van der Waals surface area contributed by atoms with Crippen molar-refractivity contribution in [2.45, 2.75) is 50.6 Å². The summed E-state index contributed by atoms with van der Waals surface area (Å²) in [7, 11) is 0. The van der Waals surface area contributed by atoms with Gasteiger partial charge in [0.2, 0.25) is 0 Å². The van der Waals surface area contributed by atoms with E-state index in [-0.39, 0.29) is 0 Å². The second-order valence-corrected chi connectivity index (χ2v) is 5.14. The highest BCUT2D eigenvalue weighted by Crippen LogP contribution is 2.17. The van der Waals surface area contributed by atoms with Crippen molar-refractivity contribution in [1.82, 2.24) is 10.2 Å². The van der Waals surface area contributed by atoms with Crippen molar-refractivity contribution >= 4 is 0 Å². The zero-order valence-electron chi connectivity index (χ0n) is 9.75. The van der Waals surface area contributed by atoms with E-state index in [1.807, 2.05) is 0 Å². The first-order valence-corrected chi connectivity index (χ1v) is 6.56. The van der Waals surface area contributed by atoms with Gasteiger partial charge in [0.05, 0.1) is 0 Å². The summed E-state index contributed by atoms with van der Waals surface area (Å²) in [5.74, 6) is 0. The highest BCUT2D eigenvalue weighted by Gasteiger charge is 2.24. The maximum absolute atomic E-state index is 5.75. The van der Waals surface area contributed by atoms with Gasteiger partial charge in [-0.2, -0.15) is 0 Å². The van der Waals surface area contributed by atoms with Crippen molar-refractivity contribution in [3.05, 3.63) is 0 Å². The molecular formula is C12H25N3. The largest absolute Gasteiger partial charge is 0.328 e. The van der Waals surface area contributed by atoms with Gasteiger partial charge in [0, 0.05) is 25.2 Å². The number of nitrogens with one attached hydrogen (secondary N) is 1. The van der Waals surface area contributed by atoms with Crippen LogP contribution in [0.3, 0.4) is 0 Å². The Balaban J connectivity index is 1.52. The van der Waals surface area contributed by atoms with Gasteiger partial charge < -0.3 is 16.0 Å². The minimum atomic E-state index is 0.473. The average molecular weight is 211 g/mol. The third-order valence-electron chi connectivity index (χ3n) is 3.73. The molecule has 0 unspecified atom stereocenters. The SMILES string of the molecule is NC1CC(NCCN2CCCCCC2)C1. The predicted octanol–water partition coefficient (Wildman–Crippen LogP) is 0.942. The molecule has 0 aromatic rings. The first-order chi connectivity index (χ1) is 7.34. The van der Waals surface area contributed by atoms with E-state index in [9.17, 15) is 0 Å². The summed E-state index contributed by atoms with van der Waals surface area (Å²) < 4.78 is 0. The Kier molecular flexibility index (Phi) is 4.42. The fourth-order valence-corrected chi connectivity index (χ4v) is 2.62. The molecule has 3 nitrogen and oxygen atoms in total.